The summed E-state index contributed by atoms with van der Waals surface area (Å²) in [6.45, 7) is 0. The van der Waals surface area contributed by atoms with Gasteiger partial charge in [-0.2, -0.15) is 5.10 Å². The zero-order chi connectivity index (χ0) is 21.9. The zero-order valence-electron chi connectivity index (χ0n) is 16.6. The monoisotopic (exact) mass is 427 g/mol. The number of non-ortho nitro benzene ring substituents is 1. The standard InChI is InChI=1S/C20H21N5O6/c26-17-2-1-14(24(28)29)6-15(17)21-19(27)18-16(25(30)31)10-23(22-18)20-7-11-3-12(8-20)5-13(4-11)9-20/h1-2,6,10-13,26H,3-5,7-9H2,(H,21,27). The minimum atomic E-state index is -0.897. The van der Waals surface area contributed by atoms with Gasteiger partial charge in [0, 0.05) is 12.1 Å². The molecule has 1 aromatic heterocycles. The van der Waals surface area contributed by atoms with Crippen LogP contribution in [0.4, 0.5) is 17.1 Å². The predicted octanol–water partition coefficient (Wildman–Crippen LogP) is 3.58. The summed E-state index contributed by atoms with van der Waals surface area (Å²) >= 11 is 0. The van der Waals surface area contributed by atoms with Gasteiger partial charge >= 0.3 is 5.69 Å². The van der Waals surface area contributed by atoms with E-state index < -0.39 is 21.4 Å². The molecule has 31 heavy (non-hydrogen) atoms. The molecule has 0 unspecified atom stereocenters. The first-order valence-electron chi connectivity index (χ1n) is 10.3. The highest BCUT2D eigenvalue weighted by atomic mass is 16.6. The Balaban J connectivity index is 1.48. The number of nitro groups is 2. The highest BCUT2D eigenvalue weighted by molar-refractivity contribution is 6.06. The molecule has 0 aliphatic heterocycles. The smallest absolute Gasteiger partial charge is 0.320 e. The normalized spacial score (nSPS) is 28.5. The van der Waals surface area contributed by atoms with Crippen LogP contribution in [0.15, 0.2) is 24.4 Å². The number of hydrogen-bond acceptors (Lipinski definition) is 7. The van der Waals surface area contributed by atoms with Crippen LogP contribution in [-0.4, -0.2) is 30.6 Å². The Morgan fingerprint density at radius 2 is 1.71 bits per heavy atom. The van der Waals surface area contributed by atoms with Crippen molar-refractivity contribution < 1.29 is 19.7 Å². The number of nitrogens with one attached hydrogen (secondary N) is 1. The van der Waals surface area contributed by atoms with Gasteiger partial charge in [0.15, 0.2) is 0 Å². The van der Waals surface area contributed by atoms with E-state index in [1.54, 1.807) is 4.68 Å². The lowest BCUT2D eigenvalue weighted by molar-refractivity contribution is -0.385. The molecule has 2 N–H and O–H groups in total. The SMILES string of the molecule is O=C(Nc1cc([N+](=O)[O-])ccc1O)c1nn(C23CC4CC(CC(C4)C2)C3)cc1[N+](=O)[O-]. The van der Waals surface area contributed by atoms with E-state index in [4.69, 9.17) is 0 Å². The van der Waals surface area contributed by atoms with Gasteiger partial charge in [-0.25, -0.2) is 0 Å². The maximum absolute atomic E-state index is 12.8. The molecule has 162 valence electrons. The van der Waals surface area contributed by atoms with Crippen LogP contribution in [0.2, 0.25) is 0 Å². The Morgan fingerprint density at radius 3 is 2.26 bits per heavy atom. The molecule has 1 aromatic carbocycles. The number of carbonyl (C=O) groups is 1. The fraction of sp³-hybridized carbons (Fsp3) is 0.500. The summed E-state index contributed by atoms with van der Waals surface area (Å²) in [7, 11) is 0. The van der Waals surface area contributed by atoms with Gasteiger partial charge in [-0.05, 0) is 62.3 Å². The van der Waals surface area contributed by atoms with Gasteiger partial charge in [-0.15, -0.1) is 0 Å². The van der Waals surface area contributed by atoms with E-state index in [9.17, 15) is 30.1 Å². The molecule has 6 rings (SSSR count). The van der Waals surface area contributed by atoms with Gasteiger partial charge in [0.1, 0.15) is 11.9 Å². The van der Waals surface area contributed by atoms with Crippen molar-refractivity contribution in [2.75, 3.05) is 5.32 Å². The highest BCUT2D eigenvalue weighted by Gasteiger charge is 2.53. The van der Waals surface area contributed by atoms with Crippen LogP contribution in [0, 0.1) is 38.0 Å². The molecular formula is C20H21N5O6. The number of aromatic hydroxyl groups is 1. The van der Waals surface area contributed by atoms with E-state index in [0.29, 0.717) is 17.8 Å². The van der Waals surface area contributed by atoms with Gasteiger partial charge in [-0.1, -0.05) is 0 Å². The van der Waals surface area contributed by atoms with Crippen molar-refractivity contribution in [1.82, 2.24) is 9.78 Å². The van der Waals surface area contributed by atoms with Crippen molar-refractivity contribution >= 4 is 23.0 Å². The third-order valence-electron chi connectivity index (χ3n) is 7.04. The van der Waals surface area contributed by atoms with E-state index in [1.165, 1.54) is 25.5 Å². The minimum absolute atomic E-state index is 0.210. The van der Waals surface area contributed by atoms with Crippen molar-refractivity contribution in [3.8, 4) is 5.75 Å². The molecule has 1 heterocycles. The number of amides is 1. The quantitative estimate of drug-likeness (QED) is 0.420. The number of rotatable bonds is 5. The number of nitro benzene ring substituents is 1. The maximum Gasteiger partial charge on any atom is 0.320 e. The van der Waals surface area contributed by atoms with E-state index >= 15 is 0 Å². The number of benzene rings is 1. The van der Waals surface area contributed by atoms with Crippen LogP contribution in [0.5, 0.6) is 5.75 Å². The average molecular weight is 427 g/mol. The Labute approximate surface area is 176 Å². The number of aromatic nitrogens is 2. The topological polar surface area (TPSA) is 153 Å². The lowest BCUT2D eigenvalue weighted by atomic mass is 9.53. The van der Waals surface area contributed by atoms with Crippen LogP contribution >= 0.6 is 0 Å². The number of nitrogens with zero attached hydrogens (tertiary/aromatic N) is 4. The van der Waals surface area contributed by atoms with E-state index in [0.717, 1.165) is 37.5 Å². The van der Waals surface area contributed by atoms with E-state index in [1.807, 2.05) is 0 Å². The fourth-order valence-corrected chi connectivity index (χ4v) is 6.17. The number of hydrogen-bond donors (Lipinski definition) is 2. The van der Waals surface area contributed by atoms with E-state index in [2.05, 4.69) is 10.4 Å². The minimum Gasteiger partial charge on any atom is -0.506 e. The molecule has 0 atom stereocenters. The molecule has 4 aliphatic carbocycles. The fourth-order valence-electron chi connectivity index (χ4n) is 6.17. The number of phenolic OH excluding ortho intramolecular Hbond substituents is 1. The van der Waals surface area contributed by atoms with Crippen LogP contribution in [0.1, 0.15) is 49.0 Å². The van der Waals surface area contributed by atoms with Crippen molar-refractivity contribution in [2.45, 2.75) is 44.1 Å². The lowest BCUT2D eigenvalue weighted by Gasteiger charge is -2.56. The number of anilines is 1. The number of carbonyl (C=O) groups excluding carboxylic acids is 1. The molecule has 4 bridgehead atoms. The molecule has 4 saturated carbocycles. The summed E-state index contributed by atoms with van der Waals surface area (Å²) in [5.74, 6) is 0.490. The second-order valence-electron chi connectivity index (χ2n) is 9.12. The van der Waals surface area contributed by atoms with Crippen LogP contribution < -0.4 is 5.32 Å². The molecule has 4 fully saturated rings. The van der Waals surface area contributed by atoms with Gasteiger partial charge in [0.05, 0.1) is 21.1 Å². The summed E-state index contributed by atoms with van der Waals surface area (Å²) in [5, 5.41) is 39.3. The summed E-state index contributed by atoms with van der Waals surface area (Å²) in [6, 6.07) is 3.17. The molecule has 11 heteroatoms. The molecule has 0 saturated heterocycles. The van der Waals surface area contributed by atoms with Crippen molar-refractivity contribution in [1.29, 1.82) is 0 Å². The zero-order valence-corrected chi connectivity index (χ0v) is 16.6. The second kappa shape index (κ2) is 6.76. The summed E-state index contributed by atoms with van der Waals surface area (Å²) in [4.78, 5) is 34.2. The van der Waals surface area contributed by atoms with Crippen molar-refractivity contribution in [3.63, 3.8) is 0 Å². The van der Waals surface area contributed by atoms with Gasteiger partial charge in [-0.3, -0.25) is 29.7 Å². The Morgan fingerprint density at radius 1 is 1.10 bits per heavy atom. The van der Waals surface area contributed by atoms with Crippen LogP contribution in [0.3, 0.4) is 0 Å². The first kappa shape index (κ1) is 19.5. The Kier molecular flexibility index (Phi) is 4.24. The van der Waals surface area contributed by atoms with Gasteiger partial charge in [0.2, 0.25) is 5.69 Å². The largest absolute Gasteiger partial charge is 0.506 e. The second-order valence-corrected chi connectivity index (χ2v) is 9.12. The van der Waals surface area contributed by atoms with Gasteiger partial charge < -0.3 is 10.4 Å². The van der Waals surface area contributed by atoms with Crippen molar-refractivity contribution in [2.24, 2.45) is 17.8 Å². The molecule has 0 spiro atoms. The summed E-state index contributed by atoms with van der Waals surface area (Å²) < 4.78 is 1.62. The molecular weight excluding hydrogens is 406 g/mol. The predicted molar refractivity (Wildman–Crippen MR) is 108 cm³/mol. The van der Waals surface area contributed by atoms with Crippen LogP contribution in [0.25, 0.3) is 0 Å². The summed E-state index contributed by atoms with van der Waals surface area (Å²) in [5.41, 5.74) is -1.63. The molecule has 4 aliphatic rings. The molecule has 11 nitrogen and oxygen atoms in total. The average Bonchev–Trinajstić information content (AvgIpc) is 3.15. The van der Waals surface area contributed by atoms with Crippen LogP contribution in [-0.2, 0) is 5.54 Å². The van der Waals surface area contributed by atoms with Gasteiger partial charge in [0.25, 0.3) is 11.6 Å². The maximum atomic E-state index is 12.8. The first-order chi connectivity index (χ1) is 14.7. The highest BCUT2D eigenvalue weighted by Crippen LogP contribution is 2.58. The third kappa shape index (κ3) is 3.20. The first-order valence-corrected chi connectivity index (χ1v) is 10.3. The Bertz CT molecular complexity index is 1070. The van der Waals surface area contributed by atoms with Crippen molar-refractivity contribution in [3.05, 3.63) is 50.3 Å². The molecule has 1 amide bonds. The summed E-state index contributed by atoms with van der Waals surface area (Å²) in [6.07, 6.45) is 7.65. The molecule has 0 radical (unpaired) electrons. The molecule has 2 aromatic rings. The lowest BCUT2D eigenvalue weighted by Crippen LogP contribution is -2.52. The van der Waals surface area contributed by atoms with E-state index in [-0.39, 0.29) is 28.4 Å². The third-order valence-corrected chi connectivity index (χ3v) is 7.04. The Hall–Kier alpha value is -3.50. The number of phenols is 1.